The van der Waals surface area contributed by atoms with Crippen LogP contribution in [0.4, 0.5) is 0 Å². The molecule has 0 N–H and O–H groups in total. The Hall–Kier alpha value is -1.96. The van der Waals surface area contributed by atoms with E-state index >= 15 is 0 Å². The first-order chi connectivity index (χ1) is 18.6. The molecule has 0 amide bonds. The Morgan fingerprint density at radius 1 is 0.550 bits per heavy atom. The molecule has 4 aromatic carbocycles. The first-order valence-corrected chi connectivity index (χ1v) is 20.0. The van der Waals surface area contributed by atoms with E-state index in [1.165, 1.54) is 35.1 Å². The molecule has 0 fully saturated rings. The first kappa shape index (κ1) is 29.5. The van der Waals surface area contributed by atoms with Gasteiger partial charge in [-0.25, -0.2) is 0 Å². The molecular weight excluding hydrogens is 623 g/mol. The second-order valence-electron chi connectivity index (χ2n) is 11.4. The van der Waals surface area contributed by atoms with E-state index in [-0.39, 0.29) is 24.8 Å². The van der Waals surface area contributed by atoms with Crippen LogP contribution in [-0.2, 0) is 23.2 Å². The molecule has 0 spiro atoms. The van der Waals surface area contributed by atoms with Crippen LogP contribution >= 0.6 is 0 Å². The summed E-state index contributed by atoms with van der Waals surface area (Å²) in [7, 11) is -2.06. The van der Waals surface area contributed by atoms with E-state index in [2.05, 4.69) is 124 Å². The van der Waals surface area contributed by atoms with Crippen molar-refractivity contribution in [2.24, 2.45) is 0 Å². The van der Waals surface area contributed by atoms with Gasteiger partial charge in [-0.2, -0.15) is 0 Å². The summed E-state index contributed by atoms with van der Waals surface area (Å²) in [6.07, 6.45) is 2.37. The van der Waals surface area contributed by atoms with Crippen molar-refractivity contribution in [3.8, 4) is 22.3 Å². The molecule has 4 aromatic rings. The second kappa shape index (κ2) is 11.4. The molecule has 0 nitrogen and oxygen atoms in total. The summed E-state index contributed by atoms with van der Waals surface area (Å²) in [5.74, 6) is 0. The fourth-order valence-electron chi connectivity index (χ4n) is 7.74. The SMILES string of the molecule is CCC1=C2c3c(-c4ccccc4)cccc3[CH]1[Zr+2][CH]1C(CC)=C(c3c(-c4ccccc4)cccc31)[Si]2(C)C.[Cl-].[Cl-]. The zero-order valence-corrected chi connectivity index (χ0v) is 28.5. The summed E-state index contributed by atoms with van der Waals surface area (Å²) in [5, 5.41) is 3.55. The van der Waals surface area contributed by atoms with E-state index < -0.39 is 31.3 Å². The Kier molecular flexibility index (Phi) is 8.40. The van der Waals surface area contributed by atoms with Gasteiger partial charge >= 0.3 is 241 Å². The van der Waals surface area contributed by atoms with Crippen molar-refractivity contribution in [1.29, 1.82) is 0 Å². The minimum atomic E-state index is -2.06. The maximum absolute atomic E-state index is 2.68. The van der Waals surface area contributed by atoms with Gasteiger partial charge in [-0.05, 0) is 0 Å². The molecule has 0 radical (unpaired) electrons. The molecule has 200 valence electrons. The van der Waals surface area contributed by atoms with Crippen LogP contribution in [0.25, 0.3) is 32.6 Å². The predicted octanol–water partition coefficient (Wildman–Crippen LogP) is 4.05. The Labute approximate surface area is 264 Å². The minimum Gasteiger partial charge on any atom is -1.00 e. The van der Waals surface area contributed by atoms with Gasteiger partial charge in [0.15, 0.2) is 0 Å². The third-order valence-corrected chi connectivity index (χ3v) is 17.7. The van der Waals surface area contributed by atoms with Gasteiger partial charge in [0.05, 0.1) is 0 Å². The number of fused-ring (bicyclic) bond motifs is 8. The number of hydrogen-bond donors (Lipinski definition) is 0. The van der Waals surface area contributed by atoms with Gasteiger partial charge in [0.25, 0.3) is 0 Å². The smallest absolute Gasteiger partial charge is 1.00 e. The van der Waals surface area contributed by atoms with E-state index in [1.807, 2.05) is 0 Å². The fraction of sp³-hybridized carbons (Fsp3) is 0.222. The van der Waals surface area contributed by atoms with Crippen molar-refractivity contribution in [3.63, 3.8) is 0 Å². The molecule has 0 aromatic heterocycles. The topological polar surface area (TPSA) is 0 Å². The van der Waals surface area contributed by atoms with Crippen LogP contribution in [0.5, 0.6) is 0 Å². The van der Waals surface area contributed by atoms with Crippen LogP contribution in [-0.4, -0.2) is 8.07 Å². The third-order valence-electron chi connectivity index (χ3n) is 9.17. The molecule has 2 atom stereocenters. The molecule has 0 saturated carbocycles. The summed E-state index contributed by atoms with van der Waals surface area (Å²) >= 11 is -0.886. The summed E-state index contributed by atoms with van der Waals surface area (Å²) in [4.78, 5) is 0. The maximum atomic E-state index is 2.68. The third kappa shape index (κ3) is 4.25. The van der Waals surface area contributed by atoms with Gasteiger partial charge in [-0.3, -0.25) is 0 Å². The Morgan fingerprint density at radius 3 is 1.32 bits per heavy atom. The molecule has 2 unspecified atom stereocenters. The van der Waals surface area contributed by atoms with E-state index in [9.17, 15) is 0 Å². The first-order valence-electron chi connectivity index (χ1n) is 14.2. The van der Waals surface area contributed by atoms with Crippen molar-refractivity contribution < 1.29 is 48.0 Å². The van der Waals surface area contributed by atoms with Crippen molar-refractivity contribution in [3.05, 3.63) is 130 Å². The van der Waals surface area contributed by atoms with E-state index in [1.54, 1.807) is 43.8 Å². The quantitative estimate of drug-likeness (QED) is 0.291. The van der Waals surface area contributed by atoms with Gasteiger partial charge in [-0.15, -0.1) is 0 Å². The molecule has 1 aliphatic heterocycles. The largest absolute Gasteiger partial charge is 1.00 e. The Bertz CT molecular complexity index is 1520. The van der Waals surface area contributed by atoms with Gasteiger partial charge < -0.3 is 24.8 Å². The monoisotopic (exact) mass is 654 g/mol. The molecule has 0 saturated heterocycles. The van der Waals surface area contributed by atoms with Crippen molar-refractivity contribution in [2.45, 2.75) is 47.0 Å². The van der Waals surface area contributed by atoms with Gasteiger partial charge in [0, 0.05) is 0 Å². The van der Waals surface area contributed by atoms with Gasteiger partial charge in [0.2, 0.25) is 0 Å². The molecule has 3 aliphatic rings. The second-order valence-corrected chi connectivity index (χ2v) is 19.3. The Morgan fingerprint density at radius 2 is 0.950 bits per heavy atom. The van der Waals surface area contributed by atoms with E-state index in [0.717, 1.165) is 0 Å². The summed E-state index contributed by atoms with van der Waals surface area (Å²) in [6, 6.07) is 36.8. The summed E-state index contributed by atoms with van der Waals surface area (Å²) in [5.41, 5.74) is 15.8. The molecule has 2 aliphatic carbocycles. The van der Waals surface area contributed by atoms with E-state index in [0.29, 0.717) is 7.25 Å². The average molecular weight is 657 g/mol. The fourth-order valence-corrected chi connectivity index (χ4v) is 18.3. The van der Waals surface area contributed by atoms with Gasteiger partial charge in [0.1, 0.15) is 0 Å². The van der Waals surface area contributed by atoms with Crippen molar-refractivity contribution in [1.82, 2.24) is 0 Å². The average Bonchev–Trinajstić information content (AvgIpc) is 3.48. The van der Waals surface area contributed by atoms with Crippen LogP contribution in [0.15, 0.2) is 108 Å². The number of halogens is 2. The van der Waals surface area contributed by atoms with Crippen LogP contribution in [0.2, 0.25) is 13.1 Å². The van der Waals surface area contributed by atoms with Gasteiger partial charge in [-0.1, -0.05) is 0 Å². The zero-order valence-electron chi connectivity index (χ0n) is 23.6. The molecule has 4 bridgehead atoms. The summed E-state index contributed by atoms with van der Waals surface area (Å²) in [6.45, 7) is 10.2. The normalized spacial score (nSPS) is 19.3. The zero-order chi connectivity index (χ0) is 26.0. The molecule has 7 rings (SSSR count). The predicted molar refractivity (Wildman–Crippen MR) is 161 cm³/mol. The van der Waals surface area contributed by atoms with Crippen LogP contribution < -0.4 is 24.8 Å². The number of hydrogen-bond acceptors (Lipinski definition) is 0. The minimum absolute atomic E-state index is 0. The Balaban J connectivity index is 0.00000161. The summed E-state index contributed by atoms with van der Waals surface area (Å²) < 4.78 is 1.37. The van der Waals surface area contributed by atoms with Crippen LogP contribution in [0.1, 0.15) is 56.2 Å². The standard InChI is InChI=1S/C36H34Si.2ClH.Zr/c1-5-25-23-29-19-13-21-31(27-15-9-7-10-16-27)33(29)35(25)37(3,4)36-26(6-2)24-30-20-14-22-32(34(30)36)28-17-11-8-12-18-28;;;/h7-24H,5-6H2,1-4H3;2*1H;/q;;;+2/p-2. The maximum Gasteiger partial charge on any atom is -1.00 e. The van der Waals surface area contributed by atoms with Crippen molar-refractivity contribution in [2.75, 3.05) is 0 Å². The molecule has 4 heteroatoms. The number of benzene rings is 4. The number of allylic oxidation sites excluding steroid dienone is 2. The van der Waals surface area contributed by atoms with E-state index in [4.69, 9.17) is 0 Å². The molecule has 1 heterocycles. The van der Waals surface area contributed by atoms with Crippen LogP contribution in [0, 0.1) is 0 Å². The molecular formula is C36H34Cl2SiZr. The van der Waals surface area contributed by atoms with Crippen LogP contribution in [0.3, 0.4) is 0 Å². The number of rotatable bonds is 4. The molecule has 40 heavy (non-hydrogen) atoms. The van der Waals surface area contributed by atoms with Crippen molar-refractivity contribution >= 4 is 18.5 Å².